The summed E-state index contributed by atoms with van der Waals surface area (Å²) >= 11 is 0.985. The van der Waals surface area contributed by atoms with Gasteiger partial charge >= 0.3 is 5.97 Å². The van der Waals surface area contributed by atoms with E-state index in [0.29, 0.717) is 17.1 Å². The van der Waals surface area contributed by atoms with Crippen LogP contribution in [0.3, 0.4) is 0 Å². The fourth-order valence-electron chi connectivity index (χ4n) is 3.39. The number of amides is 1. The maximum Gasteiger partial charge on any atom is 0.339 e. The molecule has 0 aliphatic carbocycles. The molecular weight excluding hydrogens is 498 g/mol. The van der Waals surface area contributed by atoms with Crippen LogP contribution in [0, 0.1) is 6.92 Å². The van der Waals surface area contributed by atoms with Crippen LogP contribution in [0.5, 0.6) is 0 Å². The third-order valence-corrected chi connectivity index (χ3v) is 8.06. The number of hydrogen-bond acceptors (Lipinski definition) is 7. The van der Waals surface area contributed by atoms with Crippen LogP contribution in [0.25, 0.3) is 11.4 Å². The summed E-state index contributed by atoms with van der Waals surface area (Å²) in [6, 6.07) is 22.0. The Labute approximate surface area is 213 Å². The Bertz CT molecular complexity index is 1500. The smallest absolute Gasteiger partial charge is 0.339 e. The molecule has 0 unspecified atom stereocenters. The Balaban J connectivity index is 1.63. The third-order valence-electron chi connectivity index (χ3n) is 5.23. The number of aromatic nitrogens is 2. The van der Waals surface area contributed by atoms with Gasteiger partial charge in [-0.3, -0.25) is 4.79 Å². The number of nitrogens with one attached hydrogen (secondary N) is 2. The van der Waals surface area contributed by atoms with Crippen LogP contribution < -0.4 is 5.32 Å². The number of anilines is 1. The van der Waals surface area contributed by atoms with E-state index in [0.717, 1.165) is 17.3 Å². The molecule has 184 valence electrons. The molecule has 0 aliphatic heterocycles. The summed E-state index contributed by atoms with van der Waals surface area (Å²) in [6.07, 6.45) is 0. The lowest BCUT2D eigenvalue weighted by atomic mass is 10.1. The van der Waals surface area contributed by atoms with Crippen molar-refractivity contribution in [3.05, 3.63) is 90.0 Å². The fraction of sp³-hybridized carbons (Fsp3) is 0.115. The van der Waals surface area contributed by atoms with Crippen molar-refractivity contribution in [2.75, 3.05) is 18.2 Å². The molecule has 3 aromatic carbocycles. The Morgan fingerprint density at radius 2 is 1.64 bits per heavy atom. The van der Waals surface area contributed by atoms with Crippen molar-refractivity contribution in [1.29, 1.82) is 0 Å². The predicted molar refractivity (Wildman–Crippen MR) is 138 cm³/mol. The minimum Gasteiger partial charge on any atom is -0.465 e. The zero-order valence-electron chi connectivity index (χ0n) is 19.5. The lowest BCUT2D eigenvalue weighted by molar-refractivity contribution is -0.113. The number of H-pyrrole nitrogens is 1. The van der Waals surface area contributed by atoms with Crippen molar-refractivity contribution in [2.24, 2.45) is 0 Å². The van der Waals surface area contributed by atoms with Crippen LogP contribution in [-0.4, -0.2) is 43.1 Å². The van der Waals surface area contributed by atoms with Crippen molar-refractivity contribution >= 4 is 39.2 Å². The normalized spacial score (nSPS) is 11.2. The molecule has 0 radical (unpaired) electrons. The number of imidazole rings is 1. The highest BCUT2D eigenvalue weighted by Gasteiger charge is 2.27. The molecule has 0 saturated heterocycles. The first-order valence-electron chi connectivity index (χ1n) is 10.9. The van der Waals surface area contributed by atoms with Crippen molar-refractivity contribution in [2.45, 2.75) is 21.9 Å². The van der Waals surface area contributed by atoms with Crippen LogP contribution in [0.4, 0.5) is 5.69 Å². The second-order valence-corrected chi connectivity index (χ2v) is 10.6. The number of sulfone groups is 1. The molecule has 1 amide bonds. The number of para-hydroxylation sites is 1. The molecule has 4 aromatic rings. The molecule has 4 rings (SSSR count). The molecule has 0 saturated carbocycles. The first-order valence-corrected chi connectivity index (χ1v) is 13.3. The summed E-state index contributed by atoms with van der Waals surface area (Å²) in [5.41, 5.74) is 2.29. The number of methoxy groups -OCH3 is 1. The quantitative estimate of drug-likeness (QED) is 0.254. The van der Waals surface area contributed by atoms with Gasteiger partial charge in [-0.15, -0.1) is 0 Å². The number of hydrogen-bond donors (Lipinski definition) is 2. The van der Waals surface area contributed by atoms with Crippen LogP contribution >= 0.6 is 11.8 Å². The minimum absolute atomic E-state index is 0.0861. The number of carbonyl (C=O) groups excluding carboxylic acids is 2. The number of aromatic amines is 1. The van der Waals surface area contributed by atoms with Gasteiger partial charge in [0.1, 0.15) is 10.9 Å². The number of nitrogens with zero attached hydrogens (tertiary/aromatic N) is 1. The molecule has 1 heterocycles. The molecular formula is C26H23N3O5S2. The largest absolute Gasteiger partial charge is 0.465 e. The predicted octanol–water partition coefficient (Wildman–Crippen LogP) is 4.74. The van der Waals surface area contributed by atoms with Crippen LogP contribution in [-0.2, 0) is 19.4 Å². The summed E-state index contributed by atoms with van der Waals surface area (Å²) in [5.74, 6) is -0.766. The Kier molecular flexibility index (Phi) is 7.56. The average molecular weight is 522 g/mol. The number of rotatable bonds is 8. The lowest BCUT2D eigenvalue weighted by Gasteiger charge is -2.09. The Hall–Kier alpha value is -3.89. The molecule has 2 N–H and O–H groups in total. The van der Waals surface area contributed by atoms with Gasteiger partial charge in [-0.1, -0.05) is 71.9 Å². The van der Waals surface area contributed by atoms with Gasteiger partial charge in [-0.25, -0.2) is 18.2 Å². The highest BCUT2D eigenvalue weighted by atomic mass is 32.2. The first kappa shape index (κ1) is 25.2. The number of ether oxygens (including phenoxy) is 1. The van der Waals surface area contributed by atoms with Gasteiger partial charge < -0.3 is 15.0 Å². The van der Waals surface area contributed by atoms with E-state index < -0.39 is 21.7 Å². The van der Waals surface area contributed by atoms with E-state index in [4.69, 9.17) is 4.74 Å². The molecule has 1 aromatic heterocycles. The molecule has 0 bridgehead atoms. The summed E-state index contributed by atoms with van der Waals surface area (Å²) < 4.78 is 31.6. The SMILES string of the molecule is COC(=O)c1ccccc1NC(=O)CSc1nc(-c2ccc(C)cc2)[nH]c1S(=O)(=O)c1ccccc1. The van der Waals surface area contributed by atoms with Crippen molar-refractivity contribution in [1.82, 2.24) is 9.97 Å². The Morgan fingerprint density at radius 1 is 0.972 bits per heavy atom. The van der Waals surface area contributed by atoms with E-state index in [2.05, 4.69) is 15.3 Å². The van der Waals surface area contributed by atoms with Gasteiger partial charge in [-0.05, 0) is 31.2 Å². The standard InChI is InChI=1S/C26H23N3O5S2/c1-17-12-14-18(15-13-17)23-28-24(25(29-23)36(32,33)19-8-4-3-5-9-19)35-16-22(30)27-21-11-7-6-10-20(21)26(31)34-2/h3-15H,16H2,1-2H3,(H,27,30)(H,28,29). The van der Waals surface area contributed by atoms with Crippen LogP contribution in [0.2, 0.25) is 0 Å². The first-order chi connectivity index (χ1) is 17.3. The van der Waals surface area contributed by atoms with E-state index in [1.807, 2.05) is 31.2 Å². The average Bonchev–Trinajstić information content (AvgIpc) is 3.33. The second kappa shape index (κ2) is 10.8. The van der Waals surface area contributed by atoms with E-state index in [9.17, 15) is 18.0 Å². The van der Waals surface area contributed by atoms with Crippen LogP contribution in [0.15, 0.2) is 93.8 Å². The zero-order chi connectivity index (χ0) is 25.7. The van der Waals surface area contributed by atoms with E-state index >= 15 is 0 Å². The van der Waals surface area contributed by atoms with Gasteiger partial charge in [0.15, 0.2) is 5.03 Å². The summed E-state index contributed by atoms with van der Waals surface area (Å²) in [7, 11) is -2.67. The van der Waals surface area contributed by atoms with Gasteiger partial charge in [0.25, 0.3) is 0 Å². The van der Waals surface area contributed by atoms with Gasteiger partial charge in [-0.2, -0.15) is 0 Å². The minimum atomic E-state index is -3.92. The topological polar surface area (TPSA) is 118 Å². The van der Waals surface area contributed by atoms with Crippen molar-refractivity contribution < 1.29 is 22.7 Å². The summed E-state index contributed by atoms with van der Waals surface area (Å²) in [5, 5.41) is 2.77. The van der Waals surface area contributed by atoms with Gasteiger partial charge in [0.05, 0.1) is 29.0 Å². The van der Waals surface area contributed by atoms with Crippen LogP contribution in [0.1, 0.15) is 15.9 Å². The van der Waals surface area contributed by atoms with Crippen molar-refractivity contribution in [3.8, 4) is 11.4 Å². The highest BCUT2D eigenvalue weighted by Crippen LogP contribution is 2.32. The highest BCUT2D eigenvalue weighted by molar-refractivity contribution is 8.00. The zero-order valence-corrected chi connectivity index (χ0v) is 21.2. The number of benzene rings is 3. The van der Waals surface area contributed by atoms with Crippen molar-refractivity contribution in [3.63, 3.8) is 0 Å². The molecule has 0 aliphatic rings. The van der Waals surface area contributed by atoms with E-state index in [1.165, 1.54) is 19.2 Å². The van der Waals surface area contributed by atoms with E-state index in [1.54, 1.807) is 42.5 Å². The summed E-state index contributed by atoms with van der Waals surface area (Å²) in [6.45, 7) is 1.95. The Morgan fingerprint density at radius 3 is 2.33 bits per heavy atom. The monoisotopic (exact) mass is 521 g/mol. The lowest BCUT2D eigenvalue weighted by Crippen LogP contribution is -2.17. The fourth-order valence-corrected chi connectivity index (χ4v) is 5.83. The molecule has 0 fully saturated rings. The van der Waals surface area contributed by atoms with Gasteiger partial charge in [0, 0.05) is 5.56 Å². The number of aryl methyl sites for hydroxylation is 1. The number of esters is 1. The number of thioether (sulfide) groups is 1. The third kappa shape index (κ3) is 5.50. The summed E-state index contributed by atoms with van der Waals surface area (Å²) in [4.78, 5) is 32.3. The van der Waals surface area contributed by atoms with E-state index in [-0.39, 0.29) is 26.3 Å². The molecule has 10 heteroatoms. The molecule has 8 nitrogen and oxygen atoms in total. The van der Waals surface area contributed by atoms with Gasteiger partial charge in [0.2, 0.25) is 15.7 Å². The molecule has 0 atom stereocenters. The second-order valence-electron chi connectivity index (χ2n) is 7.78. The number of carbonyl (C=O) groups is 2. The molecule has 36 heavy (non-hydrogen) atoms. The maximum absolute atomic E-state index is 13.4. The molecule has 0 spiro atoms. The maximum atomic E-state index is 13.4.